The summed E-state index contributed by atoms with van der Waals surface area (Å²) in [5.74, 6) is -0.913. The largest absolute Gasteiger partial charge is 0.345 e. The quantitative estimate of drug-likeness (QED) is 0.624. The van der Waals surface area contributed by atoms with Gasteiger partial charge in [-0.3, -0.25) is 9.78 Å². The van der Waals surface area contributed by atoms with Gasteiger partial charge in [-0.1, -0.05) is 0 Å². The van der Waals surface area contributed by atoms with Crippen LogP contribution in [0.25, 0.3) is 0 Å². The van der Waals surface area contributed by atoms with Crippen molar-refractivity contribution in [1.82, 2.24) is 9.88 Å². The molecule has 4 heteroatoms. The van der Waals surface area contributed by atoms with Crippen LogP contribution in [-0.4, -0.2) is 29.9 Å². The van der Waals surface area contributed by atoms with Crippen LogP contribution in [0.1, 0.15) is 10.4 Å². The van der Waals surface area contributed by atoms with Crippen molar-refractivity contribution in [1.29, 1.82) is 0 Å². The first-order chi connectivity index (χ1) is 5.63. The Balaban J connectivity index is 3.03. The molecule has 12 heavy (non-hydrogen) atoms. The Hall–Kier alpha value is -1.45. The molecule has 1 heterocycles. The lowest BCUT2D eigenvalue weighted by Gasteiger charge is -2.09. The van der Waals surface area contributed by atoms with E-state index >= 15 is 0 Å². The van der Waals surface area contributed by atoms with Gasteiger partial charge in [0.1, 0.15) is 5.82 Å². The summed E-state index contributed by atoms with van der Waals surface area (Å²) in [6.45, 7) is 0. The van der Waals surface area contributed by atoms with E-state index < -0.39 is 5.82 Å². The van der Waals surface area contributed by atoms with Crippen molar-refractivity contribution < 1.29 is 9.18 Å². The summed E-state index contributed by atoms with van der Waals surface area (Å²) in [5.41, 5.74) is 0.00231. The highest BCUT2D eigenvalue weighted by Crippen LogP contribution is 2.05. The van der Waals surface area contributed by atoms with Gasteiger partial charge in [-0.2, -0.15) is 0 Å². The van der Waals surface area contributed by atoms with E-state index in [1.54, 1.807) is 14.1 Å². The summed E-state index contributed by atoms with van der Waals surface area (Å²) < 4.78 is 12.9. The molecule has 0 aliphatic heterocycles. The third-order valence-corrected chi connectivity index (χ3v) is 1.40. The highest BCUT2D eigenvalue weighted by atomic mass is 19.1. The number of hydrogen-bond donors (Lipinski definition) is 0. The highest BCUT2D eigenvalue weighted by Gasteiger charge is 2.12. The molecular weight excluding hydrogens is 159 g/mol. The predicted octanol–water partition coefficient (Wildman–Crippen LogP) is 0.922. The van der Waals surface area contributed by atoms with E-state index in [2.05, 4.69) is 4.98 Å². The van der Waals surface area contributed by atoms with Gasteiger partial charge in [0.05, 0.1) is 5.56 Å². The fraction of sp³-hybridized carbons (Fsp3) is 0.250. The first-order valence-electron chi connectivity index (χ1n) is 3.44. The Morgan fingerprint density at radius 2 is 2.25 bits per heavy atom. The minimum Gasteiger partial charge on any atom is -0.345 e. The zero-order valence-corrected chi connectivity index (χ0v) is 6.91. The summed E-state index contributed by atoms with van der Waals surface area (Å²) in [4.78, 5) is 16.2. The van der Waals surface area contributed by atoms with Gasteiger partial charge in [-0.15, -0.1) is 0 Å². The second kappa shape index (κ2) is 3.30. The Morgan fingerprint density at radius 3 is 2.75 bits per heavy atom. The van der Waals surface area contributed by atoms with Crippen LogP contribution in [0.15, 0.2) is 18.5 Å². The topological polar surface area (TPSA) is 33.2 Å². The van der Waals surface area contributed by atoms with Crippen molar-refractivity contribution in [2.24, 2.45) is 0 Å². The van der Waals surface area contributed by atoms with Crippen LogP contribution in [0.3, 0.4) is 0 Å². The van der Waals surface area contributed by atoms with E-state index in [9.17, 15) is 9.18 Å². The van der Waals surface area contributed by atoms with Crippen molar-refractivity contribution in [3.8, 4) is 0 Å². The molecule has 0 atom stereocenters. The maximum atomic E-state index is 12.9. The molecule has 3 nitrogen and oxygen atoms in total. The number of amides is 1. The molecule has 1 rings (SSSR count). The van der Waals surface area contributed by atoms with E-state index in [-0.39, 0.29) is 11.5 Å². The molecule has 0 radical (unpaired) electrons. The Kier molecular flexibility index (Phi) is 2.38. The lowest BCUT2D eigenvalue weighted by molar-refractivity contribution is 0.0822. The van der Waals surface area contributed by atoms with Crippen LogP contribution in [0.5, 0.6) is 0 Å². The molecule has 0 fully saturated rings. The fourth-order valence-corrected chi connectivity index (χ4v) is 0.776. The second-order valence-electron chi connectivity index (χ2n) is 2.56. The second-order valence-corrected chi connectivity index (χ2v) is 2.56. The molecule has 0 unspecified atom stereocenters. The third kappa shape index (κ3) is 1.58. The van der Waals surface area contributed by atoms with Gasteiger partial charge in [-0.25, -0.2) is 4.39 Å². The number of hydrogen-bond acceptors (Lipinski definition) is 2. The molecule has 0 N–H and O–H groups in total. The van der Waals surface area contributed by atoms with Crippen molar-refractivity contribution >= 4 is 5.91 Å². The van der Waals surface area contributed by atoms with Gasteiger partial charge in [-0.05, 0) is 6.07 Å². The average Bonchev–Trinajstić information content (AvgIpc) is 2.04. The molecule has 0 bridgehead atoms. The van der Waals surface area contributed by atoms with E-state index in [4.69, 9.17) is 0 Å². The van der Waals surface area contributed by atoms with Crippen LogP contribution in [-0.2, 0) is 0 Å². The number of halogens is 1. The van der Waals surface area contributed by atoms with Gasteiger partial charge < -0.3 is 4.90 Å². The maximum absolute atomic E-state index is 12.9. The molecule has 1 amide bonds. The Labute approximate surface area is 69.8 Å². The van der Waals surface area contributed by atoms with Crippen LogP contribution >= 0.6 is 0 Å². The monoisotopic (exact) mass is 168 g/mol. The minimum atomic E-state index is -0.538. The third-order valence-electron chi connectivity index (χ3n) is 1.40. The number of rotatable bonds is 1. The zero-order chi connectivity index (χ0) is 9.14. The molecule has 0 aliphatic rings. The summed E-state index contributed by atoms with van der Waals surface area (Å²) in [6, 6.07) is 1.16. The number of carbonyl (C=O) groups is 1. The molecule has 0 saturated heterocycles. The van der Waals surface area contributed by atoms with Crippen molar-refractivity contribution in [2.75, 3.05) is 14.1 Å². The van der Waals surface area contributed by atoms with Gasteiger partial charge in [0, 0.05) is 26.5 Å². The minimum absolute atomic E-state index is 0.00231. The van der Waals surface area contributed by atoms with Gasteiger partial charge in [0.15, 0.2) is 0 Å². The molecular formula is C8H9FN2O. The van der Waals surface area contributed by atoms with Crippen LogP contribution in [0.4, 0.5) is 4.39 Å². The summed E-state index contributed by atoms with van der Waals surface area (Å²) >= 11 is 0. The normalized spacial score (nSPS) is 9.58. The maximum Gasteiger partial charge on any atom is 0.257 e. The Morgan fingerprint density at radius 1 is 1.58 bits per heavy atom. The zero-order valence-electron chi connectivity index (χ0n) is 6.91. The van der Waals surface area contributed by atoms with Gasteiger partial charge >= 0.3 is 0 Å². The smallest absolute Gasteiger partial charge is 0.257 e. The van der Waals surface area contributed by atoms with Crippen molar-refractivity contribution in [3.05, 3.63) is 29.8 Å². The molecule has 0 aromatic carbocycles. The molecule has 1 aromatic heterocycles. The molecule has 0 spiro atoms. The summed E-state index contributed by atoms with van der Waals surface area (Å²) in [7, 11) is 3.13. The van der Waals surface area contributed by atoms with E-state index in [1.807, 2.05) is 0 Å². The van der Waals surface area contributed by atoms with E-state index in [0.717, 1.165) is 6.07 Å². The van der Waals surface area contributed by atoms with E-state index in [0.29, 0.717) is 0 Å². The SMILES string of the molecule is CN(C)C(=O)c1cnccc1F. The van der Waals surface area contributed by atoms with Gasteiger partial charge in [0.25, 0.3) is 5.91 Å². The lowest BCUT2D eigenvalue weighted by Crippen LogP contribution is -2.22. The van der Waals surface area contributed by atoms with Crippen molar-refractivity contribution in [3.63, 3.8) is 0 Å². The van der Waals surface area contributed by atoms with E-state index in [1.165, 1.54) is 17.3 Å². The molecule has 64 valence electrons. The first-order valence-corrected chi connectivity index (χ1v) is 3.44. The van der Waals surface area contributed by atoms with Crippen molar-refractivity contribution in [2.45, 2.75) is 0 Å². The van der Waals surface area contributed by atoms with Crippen LogP contribution < -0.4 is 0 Å². The fourth-order valence-electron chi connectivity index (χ4n) is 0.776. The number of aromatic nitrogens is 1. The highest BCUT2D eigenvalue weighted by molar-refractivity contribution is 5.93. The van der Waals surface area contributed by atoms with Crippen LogP contribution in [0, 0.1) is 5.82 Å². The van der Waals surface area contributed by atoms with Gasteiger partial charge in [0.2, 0.25) is 0 Å². The molecule has 0 saturated carbocycles. The summed E-state index contributed by atoms with van der Waals surface area (Å²) in [6.07, 6.45) is 2.53. The Bertz CT molecular complexity index is 299. The summed E-state index contributed by atoms with van der Waals surface area (Å²) in [5, 5.41) is 0. The number of pyridine rings is 1. The number of nitrogens with zero attached hydrogens (tertiary/aromatic N) is 2. The molecule has 1 aromatic rings. The average molecular weight is 168 g/mol. The number of carbonyl (C=O) groups excluding carboxylic acids is 1. The molecule has 0 aliphatic carbocycles. The predicted molar refractivity (Wildman–Crippen MR) is 42.2 cm³/mol. The van der Waals surface area contributed by atoms with Crippen LogP contribution in [0.2, 0.25) is 0 Å². The lowest BCUT2D eigenvalue weighted by atomic mass is 10.2. The first kappa shape index (κ1) is 8.64. The standard InChI is InChI=1S/C8H9FN2O/c1-11(2)8(12)6-5-10-4-3-7(6)9/h3-5H,1-2H3.